The number of hydrogen-bond acceptors (Lipinski definition) is 1. The molecule has 0 spiro atoms. The molecule has 1 amide bonds. The molecule has 2 nitrogen and oxygen atoms in total. The minimum Gasteiger partial charge on any atom is -0.352 e. The van der Waals surface area contributed by atoms with Crippen molar-refractivity contribution < 1.29 is 4.79 Å². The van der Waals surface area contributed by atoms with E-state index in [1.165, 1.54) is 0 Å². The van der Waals surface area contributed by atoms with Crippen molar-refractivity contribution in [3.8, 4) is 0 Å². The largest absolute Gasteiger partial charge is 0.352 e. The van der Waals surface area contributed by atoms with E-state index in [9.17, 15) is 4.79 Å². The summed E-state index contributed by atoms with van der Waals surface area (Å²) in [6.07, 6.45) is 14.9. The van der Waals surface area contributed by atoms with Gasteiger partial charge in [-0.25, -0.2) is 0 Å². The molecule has 17 heavy (non-hydrogen) atoms. The average molecular weight is 235 g/mol. The molecule has 0 aliphatic heterocycles. The number of allylic oxidation sites excluding steroid dienone is 5. The third-order valence-corrected chi connectivity index (χ3v) is 2.13. The van der Waals surface area contributed by atoms with Gasteiger partial charge in [-0.1, -0.05) is 44.2 Å². The highest BCUT2D eigenvalue weighted by atomic mass is 16.1. The summed E-state index contributed by atoms with van der Waals surface area (Å²) < 4.78 is 0. The van der Waals surface area contributed by atoms with Gasteiger partial charge in [-0.3, -0.25) is 4.79 Å². The molecule has 0 bridgehead atoms. The lowest BCUT2D eigenvalue weighted by atomic mass is 10.2. The maximum Gasteiger partial charge on any atom is 0.243 e. The zero-order valence-corrected chi connectivity index (χ0v) is 11.3. The van der Waals surface area contributed by atoms with E-state index in [2.05, 4.69) is 31.3 Å². The number of carbonyl (C=O) groups excluding carboxylic acids is 1. The van der Waals surface area contributed by atoms with Gasteiger partial charge in [-0.05, 0) is 38.2 Å². The molecule has 0 fully saturated rings. The summed E-state index contributed by atoms with van der Waals surface area (Å²) in [5, 5.41) is 2.85. The van der Waals surface area contributed by atoms with Crippen molar-refractivity contribution in [2.75, 3.05) is 6.54 Å². The van der Waals surface area contributed by atoms with Crippen molar-refractivity contribution in [1.29, 1.82) is 0 Å². The fourth-order valence-electron chi connectivity index (χ4n) is 1.19. The molecule has 0 unspecified atom stereocenters. The molecule has 0 radical (unpaired) electrons. The van der Waals surface area contributed by atoms with Crippen molar-refractivity contribution in [2.24, 2.45) is 5.92 Å². The first-order valence-corrected chi connectivity index (χ1v) is 6.39. The van der Waals surface area contributed by atoms with Crippen molar-refractivity contribution in [3.63, 3.8) is 0 Å². The van der Waals surface area contributed by atoms with Gasteiger partial charge in [0, 0.05) is 6.54 Å². The van der Waals surface area contributed by atoms with Gasteiger partial charge in [0.25, 0.3) is 0 Å². The number of carbonyl (C=O) groups is 1. The Balaban J connectivity index is 3.50. The normalized spacial score (nSPS) is 12.2. The van der Waals surface area contributed by atoms with Crippen LogP contribution in [0.3, 0.4) is 0 Å². The Hall–Kier alpha value is -1.31. The van der Waals surface area contributed by atoms with Crippen LogP contribution in [0.4, 0.5) is 0 Å². The van der Waals surface area contributed by atoms with Gasteiger partial charge in [0.1, 0.15) is 0 Å². The molecule has 2 heteroatoms. The second kappa shape index (κ2) is 11.2. The van der Waals surface area contributed by atoms with E-state index in [-0.39, 0.29) is 5.91 Å². The van der Waals surface area contributed by atoms with Crippen LogP contribution in [0.2, 0.25) is 0 Å². The molecule has 0 saturated carbocycles. The van der Waals surface area contributed by atoms with Gasteiger partial charge in [0.15, 0.2) is 0 Å². The third kappa shape index (κ3) is 12.6. The van der Waals surface area contributed by atoms with Crippen LogP contribution in [-0.4, -0.2) is 12.5 Å². The van der Waals surface area contributed by atoms with Crippen LogP contribution >= 0.6 is 0 Å². The first-order chi connectivity index (χ1) is 8.16. The number of unbranched alkanes of at least 4 members (excludes halogenated alkanes) is 2. The SMILES string of the molecule is C/C=C/C=C/CCC/C=C/C(=O)NCC(C)C. The first-order valence-electron chi connectivity index (χ1n) is 6.39. The summed E-state index contributed by atoms with van der Waals surface area (Å²) in [6.45, 7) is 6.92. The summed E-state index contributed by atoms with van der Waals surface area (Å²) in [5.74, 6) is 0.521. The van der Waals surface area contributed by atoms with Crippen molar-refractivity contribution in [2.45, 2.75) is 40.0 Å². The molecule has 0 rings (SSSR count). The van der Waals surface area contributed by atoms with Crippen LogP contribution in [0.5, 0.6) is 0 Å². The molecule has 0 aromatic carbocycles. The van der Waals surface area contributed by atoms with E-state index in [1.807, 2.05) is 25.2 Å². The first kappa shape index (κ1) is 15.7. The average Bonchev–Trinajstić information content (AvgIpc) is 2.30. The maximum absolute atomic E-state index is 11.3. The molecule has 0 saturated heterocycles. The minimum absolute atomic E-state index is 0.0168. The van der Waals surface area contributed by atoms with Crippen molar-refractivity contribution in [1.82, 2.24) is 5.32 Å². The number of nitrogens with one attached hydrogen (secondary N) is 1. The zero-order valence-electron chi connectivity index (χ0n) is 11.3. The molecule has 1 N–H and O–H groups in total. The maximum atomic E-state index is 11.3. The highest BCUT2D eigenvalue weighted by Gasteiger charge is 1.96. The van der Waals surface area contributed by atoms with Crippen LogP contribution in [0.1, 0.15) is 40.0 Å². The van der Waals surface area contributed by atoms with Crippen LogP contribution in [0.25, 0.3) is 0 Å². The minimum atomic E-state index is 0.0168. The van der Waals surface area contributed by atoms with Gasteiger partial charge in [0.05, 0.1) is 0 Å². The quantitative estimate of drug-likeness (QED) is 0.388. The summed E-state index contributed by atoms with van der Waals surface area (Å²) in [6, 6.07) is 0. The highest BCUT2D eigenvalue weighted by Crippen LogP contribution is 1.98. The van der Waals surface area contributed by atoms with Gasteiger partial charge in [-0.15, -0.1) is 0 Å². The summed E-state index contributed by atoms with van der Waals surface area (Å²) >= 11 is 0. The Morgan fingerprint density at radius 2 is 1.88 bits per heavy atom. The molecule has 0 aromatic heterocycles. The monoisotopic (exact) mass is 235 g/mol. The lowest BCUT2D eigenvalue weighted by Gasteiger charge is -2.04. The molecule has 0 aliphatic carbocycles. The van der Waals surface area contributed by atoms with E-state index in [4.69, 9.17) is 0 Å². The van der Waals surface area contributed by atoms with Gasteiger partial charge < -0.3 is 5.32 Å². The smallest absolute Gasteiger partial charge is 0.243 e. The van der Waals surface area contributed by atoms with Gasteiger partial charge in [-0.2, -0.15) is 0 Å². The Morgan fingerprint density at radius 1 is 1.18 bits per heavy atom. The lowest BCUT2D eigenvalue weighted by Crippen LogP contribution is -2.25. The molecular weight excluding hydrogens is 210 g/mol. The molecule has 0 heterocycles. The molecular formula is C15H25NO. The second-order valence-corrected chi connectivity index (χ2v) is 4.43. The van der Waals surface area contributed by atoms with Crippen molar-refractivity contribution in [3.05, 3.63) is 36.5 Å². The summed E-state index contributed by atoms with van der Waals surface area (Å²) in [4.78, 5) is 11.3. The van der Waals surface area contributed by atoms with Crippen molar-refractivity contribution >= 4 is 5.91 Å². The standard InChI is InChI=1S/C15H25NO/c1-4-5-6-7-8-9-10-11-12-15(17)16-13-14(2)3/h4-7,11-12,14H,8-10,13H2,1-3H3,(H,16,17)/b5-4+,7-6+,12-11+. The zero-order chi connectivity index (χ0) is 12.9. The molecule has 96 valence electrons. The number of hydrogen-bond donors (Lipinski definition) is 1. The number of amides is 1. The second-order valence-electron chi connectivity index (χ2n) is 4.43. The van der Waals surface area contributed by atoms with Crippen LogP contribution in [0.15, 0.2) is 36.5 Å². The third-order valence-electron chi connectivity index (χ3n) is 2.13. The fourth-order valence-corrected chi connectivity index (χ4v) is 1.19. The molecule has 0 aliphatic rings. The van der Waals surface area contributed by atoms with Gasteiger partial charge >= 0.3 is 0 Å². The van der Waals surface area contributed by atoms with Crippen LogP contribution in [0, 0.1) is 5.92 Å². The number of rotatable bonds is 8. The van der Waals surface area contributed by atoms with E-state index < -0.39 is 0 Å². The highest BCUT2D eigenvalue weighted by molar-refractivity contribution is 5.87. The van der Waals surface area contributed by atoms with E-state index >= 15 is 0 Å². The fraction of sp³-hybridized carbons (Fsp3) is 0.533. The van der Waals surface area contributed by atoms with E-state index in [0.29, 0.717) is 5.92 Å². The molecule has 0 atom stereocenters. The summed E-state index contributed by atoms with van der Waals surface area (Å²) in [7, 11) is 0. The van der Waals surface area contributed by atoms with E-state index in [1.54, 1.807) is 6.08 Å². The predicted octanol–water partition coefficient (Wildman–Crippen LogP) is 3.62. The summed E-state index contributed by atoms with van der Waals surface area (Å²) in [5.41, 5.74) is 0. The topological polar surface area (TPSA) is 29.1 Å². The Bertz CT molecular complexity index is 275. The van der Waals surface area contributed by atoms with Crippen LogP contribution < -0.4 is 5.32 Å². The Kier molecular flexibility index (Phi) is 10.3. The Labute approximate surface area is 105 Å². The molecule has 0 aromatic rings. The van der Waals surface area contributed by atoms with Gasteiger partial charge in [0.2, 0.25) is 5.91 Å². The Morgan fingerprint density at radius 3 is 2.53 bits per heavy atom. The van der Waals surface area contributed by atoms with Crippen LogP contribution in [-0.2, 0) is 4.79 Å². The van der Waals surface area contributed by atoms with E-state index in [0.717, 1.165) is 25.8 Å². The predicted molar refractivity (Wildman–Crippen MR) is 74.8 cm³/mol. The lowest BCUT2D eigenvalue weighted by molar-refractivity contribution is -0.116.